The fraction of sp³-hybridized carbons (Fsp3) is 0.318. The molecule has 0 N–H and O–H groups in total. The molecule has 0 unspecified atom stereocenters. The van der Waals surface area contributed by atoms with Gasteiger partial charge in [-0.05, 0) is 47.9 Å². The molecule has 0 fully saturated rings. The zero-order chi connectivity index (χ0) is 34.7. The Balaban J connectivity index is 0.000000224. The van der Waals surface area contributed by atoms with Crippen molar-refractivity contribution in [3.8, 4) is 22.3 Å². The Morgan fingerprint density at radius 3 is 1.25 bits per heavy atom. The normalized spacial score (nSPS) is 10.3. The number of rotatable bonds is 10. The molecule has 6 aromatic rings. The molecule has 0 nitrogen and oxygen atoms in total. The van der Waals surface area contributed by atoms with E-state index in [0.717, 1.165) is 22.4 Å². The van der Waals surface area contributed by atoms with Gasteiger partial charge in [0.05, 0.1) is 0 Å². The van der Waals surface area contributed by atoms with Gasteiger partial charge in [0, 0.05) is 9.52 Å². The van der Waals surface area contributed by atoms with Crippen molar-refractivity contribution in [3.63, 3.8) is 0 Å². The van der Waals surface area contributed by atoms with Crippen LogP contribution in [0.2, 0.25) is 13.1 Å². The summed E-state index contributed by atoms with van der Waals surface area (Å²) < 4.78 is 0. The van der Waals surface area contributed by atoms with Crippen molar-refractivity contribution in [2.45, 2.75) is 92.2 Å². The molecule has 0 bridgehead atoms. The third kappa shape index (κ3) is 11.4. The third-order valence-corrected chi connectivity index (χ3v) is 8.64. The first-order valence-corrected chi connectivity index (χ1v) is 25.9. The van der Waals surface area contributed by atoms with Gasteiger partial charge < -0.3 is 0 Å². The standard InChI is InChI=1S/2C21H23.C2H6Si.2ClH.Zr/c2*1-3-5-9-16-14-18-11-8-13-20(21(18)15-16)19-12-7-6-10-17(19)4-2;1-3-2;;;/h2*6-8,10-15H,3-5,9H2,1-2H3;1-2H3;2*1H;/q2*-1;;;;+4/p-2. The zero-order valence-corrected chi connectivity index (χ0v) is 34.8. The quantitative estimate of drug-likeness (QED) is 0.0961. The molecule has 0 aliphatic carbocycles. The summed E-state index contributed by atoms with van der Waals surface area (Å²) >= 11 is -0.826. The third-order valence-electron chi connectivity index (χ3n) is 8.64. The molecular formula is C44H52Cl2SiZr. The zero-order valence-electron chi connectivity index (χ0n) is 29.8. The molecule has 48 heavy (non-hydrogen) atoms. The van der Waals surface area contributed by atoms with Crippen LogP contribution < -0.4 is 0 Å². The fourth-order valence-electron chi connectivity index (χ4n) is 6.30. The van der Waals surface area contributed by atoms with E-state index in [0.29, 0.717) is 0 Å². The molecular weight excluding hydrogens is 719 g/mol. The first-order valence-electron chi connectivity index (χ1n) is 17.6. The van der Waals surface area contributed by atoms with Gasteiger partial charge in [0.1, 0.15) is 0 Å². The van der Waals surface area contributed by atoms with Gasteiger partial charge in [-0.25, -0.2) is 0 Å². The second-order valence-corrected chi connectivity index (χ2v) is 16.9. The minimum atomic E-state index is -0.826. The number of halogens is 2. The molecule has 0 aromatic heterocycles. The fourth-order valence-corrected chi connectivity index (χ4v) is 6.30. The number of hydrogen-bond acceptors (Lipinski definition) is 0. The van der Waals surface area contributed by atoms with Crippen LogP contribution in [0.5, 0.6) is 0 Å². The summed E-state index contributed by atoms with van der Waals surface area (Å²) in [5, 5.41) is 5.57. The average molecular weight is 771 g/mol. The van der Waals surface area contributed by atoms with Crippen molar-refractivity contribution in [2.24, 2.45) is 0 Å². The second kappa shape index (κ2) is 22.5. The Morgan fingerprint density at radius 2 is 0.896 bits per heavy atom. The summed E-state index contributed by atoms with van der Waals surface area (Å²) in [4.78, 5) is 0. The average Bonchev–Trinajstić information content (AvgIpc) is 3.74. The molecule has 0 saturated carbocycles. The molecule has 0 aliphatic rings. The minimum absolute atomic E-state index is 0.826. The summed E-state index contributed by atoms with van der Waals surface area (Å²) in [7, 11) is 11.0. The Hall–Kier alpha value is -2.22. The summed E-state index contributed by atoms with van der Waals surface area (Å²) in [5.41, 5.74) is 11.4. The van der Waals surface area contributed by atoms with Gasteiger partial charge in [-0.1, -0.05) is 138 Å². The summed E-state index contributed by atoms with van der Waals surface area (Å²) in [5.74, 6) is 0. The van der Waals surface area contributed by atoms with Crippen LogP contribution in [-0.4, -0.2) is 9.52 Å². The van der Waals surface area contributed by atoms with E-state index in [4.69, 9.17) is 17.0 Å². The summed E-state index contributed by atoms with van der Waals surface area (Å²) in [6, 6.07) is 40.5. The van der Waals surface area contributed by atoms with Crippen LogP contribution in [0.1, 0.15) is 75.6 Å². The Kier molecular flexibility index (Phi) is 18.8. The van der Waals surface area contributed by atoms with Crippen LogP contribution >= 0.6 is 17.0 Å². The van der Waals surface area contributed by atoms with E-state index >= 15 is 0 Å². The van der Waals surface area contributed by atoms with Gasteiger partial charge in [-0.3, -0.25) is 0 Å². The number of benzene rings is 4. The first kappa shape index (κ1) is 40.2. The van der Waals surface area contributed by atoms with E-state index in [1.807, 2.05) is 0 Å². The predicted molar refractivity (Wildman–Crippen MR) is 215 cm³/mol. The van der Waals surface area contributed by atoms with E-state index in [1.165, 1.54) is 105 Å². The van der Waals surface area contributed by atoms with Gasteiger partial charge in [-0.2, -0.15) is 12.1 Å². The van der Waals surface area contributed by atoms with Crippen LogP contribution in [0.15, 0.2) is 109 Å². The summed E-state index contributed by atoms with van der Waals surface area (Å²) in [6.07, 6.45) is 9.61. The number of fused-ring (bicyclic) bond motifs is 2. The van der Waals surface area contributed by atoms with Gasteiger partial charge in [0.2, 0.25) is 0 Å². The van der Waals surface area contributed by atoms with Crippen molar-refractivity contribution in [2.75, 3.05) is 0 Å². The number of hydrogen-bond donors (Lipinski definition) is 0. The molecule has 6 aromatic carbocycles. The first-order chi connectivity index (χ1) is 23.5. The monoisotopic (exact) mass is 768 g/mol. The molecule has 2 radical (unpaired) electrons. The van der Waals surface area contributed by atoms with Crippen molar-refractivity contribution in [3.05, 3.63) is 131 Å². The van der Waals surface area contributed by atoms with Crippen LogP contribution in [0.25, 0.3) is 43.8 Å². The van der Waals surface area contributed by atoms with E-state index in [2.05, 4.69) is 150 Å². The van der Waals surface area contributed by atoms with E-state index in [9.17, 15) is 0 Å². The van der Waals surface area contributed by atoms with E-state index < -0.39 is 20.8 Å². The molecule has 6 rings (SSSR count). The molecule has 0 heterocycles. The number of aryl methyl sites for hydroxylation is 4. The van der Waals surface area contributed by atoms with Crippen molar-refractivity contribution >= 4 is 48.1 Å². The Morgan fingerprint density at radius 1 is 0.542 bits per heavy atom. The predicted octanol–water partition coefficient (Wildman–Crippen LogP) is 14.4. The molecule has 4 heteroatoms. The Labute approximate surface area is 312 Å². The van der Waals surface area contributed by atoms with Crippen molar-refractivity contribution < 1.29 is 20.8 Å². The second-order valence-electron chi connectivity index (χ2n) is 12.1. The van der Waals surface area contributed by atoms with Crippen molar-refractivity contribution in [1.29, 1.82) is 0 Å². The van der Waals surface area contributed by atoms with Crippen LogP contribution in [-0.2, 0) is 46.5 Å². The molecule has 250 valence electrons. The maximum absolute atomic E-state index is 4.93. The van der Waals surface area contributed by atoms with Crippen LogP contribution in [0.4, 0.5) is 0 Å². The SMILES string of the molecule is CCCCc1cc2c(-c3ccccc3CC)cccc2[cH-]1.CCCCc1cc2c(-c3ccccc3CC)cccc2[cH-]1.C[Si]C.[Cl][Zr+2][Cl]. The molecule has 0 aliphatic heterocycles. The summed E-state index contributed by atoms with van der Waals surface area (Å²) in [6.45, 7) is 13.3. The van der Waals surface area contributed by atoms with Gasteiger partial charge in [0.15, 0.2) is 0 Å². The molecule has 0 amide bonds. The topological polar surface area (TPSA) is 0 Å². The Bertz CT molecular complexity index is 1650. The number of unbranched alkanes of at least 4 members (excludes halogenated alkanes) is 2. The van der Waals surface area contributed by atoms with E-state index in [1.54, 1.807) is 0 Å². The van der Waals surface area contributed by atoms with Crippen molar-refractivity contribution in [1.82, 2.24) is 0 Å². The maximum atomic E-state index is 4.93. The molecule has 0 spiro atoms. The van der Waals surface area contributed by atoms with Gasteiger partial charge in [0.25, 0.3) is 0 Å². The molecule has 0 saturated heterocycles. The van der Waals surface area contributed by atoms with Crippen LogP contribution in [0, 0.1) is 0 Å². The van der Waals surface area contributed by atoms with Gasteiger partial charge in [-0.15, -0.1) is 69.1 Å². The van der Waals surface area contributed by atoms with Gasteiger partial charge >= 0.3 is 37.9 Å². The van der Waals surface area contributed by atoms with E-state index in [-0.39, 0.29) is 0 Å². The van der Waals surface area contributed by atoms with Crippen LogP contribution in [0.3, 0.4) is 0 Å². The molecule has 0 atom stereocenters.